The fraction of sp³-hybridized carbons (Fsp3) is 0.190. The Morgan fingerprint density at radius 1 is 1.11 bits per heavy atom. The molecule has 0 saturated carbocycles. The van der Waals surface area contributed by atoms with Crippen LogP contribution in [0.3, 0.4) is 0 Å². The zero-order chi connectivity index (χ0) is 18.5. The minimum absolute atomic E-state index is 0.0629. The Hall–Kier alpha value is -2.24. The maximum atomic E-state index is 6.48. The van der Waals surface area contributed by atoms with Crippen molar-refractivity contribution < 1.29 is 9.15 Å². The zero-order valence-electron chi connectivity index (χ0n) is 14.5. The molecule has 0 N–H and O–H groups in total. The van der Waals surface area contributed by atoms with E-state index in [1.54, 1.807) is 0 Å². The number of nitrogens with zero attached hydrogens (tertiary/aromatic N) is 2. The van der Waals surface area contributed by atoms with E-state index in [-0.39, 0.29) is 12.3 Å². The summed E-state index contributed by atoms with van der Waals surface area (Å²) in [6.45, 7) is 1.94. The van der Waals surface area contributed by atoms with Gasteiger partial charge in [-0.1, -0.05) is 45.7 Å². The molecule has 0 unspecified atom stereocenters. The van der Waals surface area contributed by atoms with E-state index in [0.717, 1.165) is 45.0 Å². The van der Waals surface area contributed by atoms with Crippen LogP contribution in [0.15, 0.2) is 68.6 Å². The van der Waals surface area contributed by atoms with Crippen molar-refractivity contribution in [2.24, 2.45) is 5.10 Å². The van der Waals surface area contributed by atoms with E-state index in [1.165, 1.54) is 0 Å². The van der Waals surface area contributed by atoms with Crippen molar-refractivity contribution in [2.45, 2.75) is 25.6 Å². The van der Waals surface area contributed by atoms with Gasteiger partial charge in [-0.15, -0.1) is 0 Å². The zero-order valence-corrected chi connectivity index (χ0v) is 16.9. The molecule has 3 heterocycles. The molecule has 0 saturated heterocycles. The van der Waals surface area contributed by atoms with Gasteiger partial charge < -0.3 is 9.15 Å². The molecule has 3 aromatic rings. The average Bonchev–Trinajstić information content (AvgIpc) is 3.28. The first kappa shape index (κ1) is 16.9. The summed E-state index contributed by atoms with van der Waals surface area (Å²) in [6, 6.07) is 17.8. The quantitative estimate of drug-likeness (QED) is 0.470. The first-order valence-corrected chi connectivity index (χ1v) is 9.90. The lowest BCUT2D eigenvalue weighted by molar-refractivity contribution is -0.0190. The monoisotopic (exact) mass is 442 g/mol. The third-order valence-corrected chi connectivity index (χ3v) is 5.79. The van der Waals surface area contributed by atoms with E-state index in [2.05, 4.69) is 22.0 Å². The predicted octanol–water partition coefficient (Wildman–Crippen LogP) is 6.25. The third kappa shape index (κ3) is 2.86. The second kappa shape index (κ2) is 6.43. The molecule has 6 heteroatoms. The average molecular weight is 444 g/mol. The van der Waals surface area contributed by atoms with Crippen LogP contribution >= 0.6 is 27.5 Å². The van der Waals surface area contributed by atoms with Crippen molar-refractivity contribution in [3.63, 3.8) is 0 Å². The highest BCUT2D eigenvalue weighted by Crippen LogP contribution is 2.49. The van der Waals surface area contributed by atoms with Gasteiger partial charge in [0.15, 0.2) is 0 Å². The summed E-state index contributed by atoms with van der Waals surface area (Å²) in [5.74, 6) is 2.53. The normalized spacial score (nSPS) is 20.7. The maximum Gasteiger partial charge on any atom is 0.215 e. The van der Waals surface area contributed by atoms with Gasteiger partial charge in [0.25, 0.3) is 0 Å². The second-order valence-corrected chi connectivity index (χ2v) is 8.05. The molecule has 27 heavy (non-hydrogen) atoms. The van der Waals surface area contributed by atoms with Crippen LogP contribution in [0.5, 0.6) is 5.75 Å². The van der Waals surface area contributed by atoms with Crippen LogP contribution in [0.4, 0.5) is 0 Å². The van der Waals surface area contributed by atoms with Gasteiger partial charge in [-0.25, -0.2) is 5.01 Å². The predicted molar refractivity (Wildman–Crippen MR) is 108 cm³/mol. The molecule has 1 aromatic heterocycles. The Balaban J connectivity index is 1.63. The number of rotatable bonds is 2. The van der Waals surface area contributed by atoms with Crippen LogP contribution in [0.1, 0.15) is 41.3 Å². The molecule has 0 radical (unpaired) electrons. The number of aryl methyl sites for hydroxylation is 1. The fourth-order valence-electron chi connectivity index (χ4n) is 3.68. The summed E-state index contributed by atoms with van der Waals surface area (Å²) in [7, 11) is 0. The number of benzene rings is 2. The van der Waals surface area contributed by atoms with Crippen LogP contribution in [0.2, 0.25) is 5.02 Å². The molecule has 0 aliphatic carbocycles. The highest BCUT2D eigenvalue weighted by Gasteiger charge is 2.42. The minimum atomic E-state index is -0.383. The summed E-state index contributed by atoms with van der Waals surface area (Å²) in [5.41, 5.74) is 2.93. The molecule has 2 atom stereocenters. The summed E-state index contributed by atoms with van der Waals surface area (Å²) in [5, 5.41) is 7.55. The van der Waals surface area contributed by atoms with Crippen molar-refractivity contribution in [1.29, 1.82) is 0 Å². The summed E-state index contributed by atoms with van der Waals surface area (Å²) in [6.07, 6.45) is 0.367. The van der Waals surface area contributed by atoms with Crippen molar-refractivity contribution in [1.82, 2.24) is 5.01 Å². The smallest absolute Gasteiger partial charge is 0.215 e. The first-order chi connectivity index (χ1) is 13.1. The van der Waals surface area contributed by atoms with Gasteiger partial charge in [-0.05, 0) is 43.3 Å². The molecule has 0 fully saturated rings. The van der Waals surface area contributed by atoms with Gasteiger partial charge in [0, 0.05) is 27.0 Å². The standard InChI is InChI=1S/C21H16BrClN2O2/c1-12-6-8-20(26-12)17-11-18-15-10-13(22)7-9-19(15)27-21(25(18)24-17)14-4-2-3-5-16(14)23/h2-10,18,21H,11H2,1H3/t18-,21-/m0/s1. The van der Waals surface area contributed by atoms with Gasteiger partial charge in [0.2, 0.25) is 6.23 Å². The molecule has 0 bridgehead atoms. The molecule has 2 aliphatic heterocycles. The van der Waals surface area contributed by atoms with Crippen molar-refractivity contribution in [2.75, 3.05) is 0 Å². The lowest BCUT2D eigenvalue weighted by Gasteiger charge is -2.38. The summed E-state index contributed by atoms with van der Waals surface area (Å²) >= 11 is 10.0. The number of furan rings is 1. The van der Waals surface area contributed by atoms with E-state index < -0.39 is 0 Å². The lowest BCUT2D eigenvalue weighted by atomic mass is 9.97. The number of halogens is 2. The molecule has 2 aliphatic rings. The van der Waals surface area contributed by atoms with Crippen LogP contribution in [-0.4, -0.2) is 10.7 Å². The van der Waals surface area contributed by atoms with Gasteiger partial charge in [-0.3, -0.25) is 0 Å². The molecular formula is C21H16BrClN2O2. The first-order valence-electron chi connectivity index (χ1n) is 8.73. The second-order valence-electron chi connectivity index (χ2n) is 6.73. The van der Waals surface area contributed by atoms with Crippen molar-refractivity contribution in [3.8, 4) is 5.75 Å². The molecule has 0 amide bonds. The van der Waals surface area contributed by atoms with E-state index in [4.69, 9.17) is 25.9 Å². The molecule has 0 spiro atoms. The summed E-state index contributed by atoms with van der Waals surface area (Å²) in [4.78, 5) is 0. The maximum absolute atomic E-state index is 6.48. The Kier molecular flexibility index (Phi) is 4.02. The molecular weight excluding hydrogens is 428 g/mol. The van der Waals surface area contributed by atoms with Gasteiger partial charge in [0.05, 0.1) is 6.04 Å². The van der Waals surface area contributed by atoms with Crippen LogP contribution < -0.4 is 4.74 Å². The number of hydrogen-bond acceptors (Lipinski definition) is 4. The Morgan fingerprint density at radius 3 is 2.74 bits per heavy atom. The number of hydrazone groups is 1. The van der Waals surface area contributed by atoms with Gasteiger partial charge >= 0.3 is 0 Å². The van der Waals surface area contributed by atoms with E-state index in [9.17, 15) is 0 Å². The highest BCUT2D eigenvalue weighted by molar-refractivity contribution is 9.10. The minimum Gasteiger partial charge on any atom is -0.464 e. The van der Waals surface area contributed by atoms with Gasteiger partial charge in [-0.2, -0.15) is 5.10 Å². The molecule has 5 rings (SSSR count). The van der Waals surface area contributed by atoms with E-state index >= 15 is 0 Å². The van der Waals surface area contributed by atoms with E-state index in [0.29, 0.717) is 5.02 Å². The van der Waals surface area contributed by atoms with Crippen LogP contribution in [0.25, 0.3) is 0 Å². The largest absolute Gasteiger partial charge is 0.464 e. The number of fused-ring (bicyclic) bond motifs is 3. The van der Waals surface area contributed by atoms with Gasteiger partial charge in [0.1, 0.15) is 23.0 Å². The topological polar surface area (TPSA) is 38.0 Å². The third-order valence-electron chi connectivity index (χ3n) is 4.95. The Bertz CT molecular complexity index is 1060. The lowest BCUT2D eigenvalue weighted by Crippen LogP contribution is -2.33. The number of ether oxygens (including phenoxy) is 1. The van der Waals surface area contributed by atoms with Crippen LogP contribution in [-0.2, 0) is 0 Å². The van der Waals surface area contributed by atoms with Crippen molar-refractivity contribution >= 4 is 33.2 Å². The Labute approximate surface area is 170 Å². The Morgan fingerprint density at radius 2 is 1.96 bits per heavy atom. The van der Waals surface area contributed by atoms with Crippen molar-refractivity contribution in [3.05, 3.63) is 86.7 Å². The van der Waals surface area contributed by atoms with E-state index in [1.807, 2.05) is 60.5 Å². The van der Waals surface area contributed by atoms with Crippen LogP contribution in [0, 0.1) is 6.92 Å². The molecule has 4 nitrogen and oxygen atoms in total. The highest BCUT2D eigenvalue weighted by atomic mass is 79.9. The SMILES string of the molecule is Cc1ccc(C2=NN3[C@@H](C2)c2cc(Br)ccc2O[C@H]3c2ccccc2Cl)o1. The fourth-order valence-corrected chi connectivity index (χ4v) is 4.28. The molecule has 136 valence electrons. The molecule has 2 aromatic carbocycles. The number of hydrogen-bond donors (Lipinski definition) is 0. The summed E-state index contributed by atoms with van der Waals surface area (Å²) < 4.78 is 13.2.